The fraction of sp³-hybridized carbons (Fsp3) is 0.250. The number of aryl methyl sites for hydroxylation is 1. The summed E-state index contributed by atoms with van der Waals surface area (Å²) in [7, 11) is 0. The molecule has 142 valence electrons. The van der Waals surface area contributed by atoms with Gasteiger partial charge in [-0.1, -0.05) is 30.3 Å². The van der Waals surface area contributed by atoms with E-state index in [1.807, 2.05) is 49.4 Å². The fourth-order valence-corrected chi connectivity index (χ4v) is 2.88. The highest BCUT2D eigenvalue weighted by Gasteiger charge is 2.28. The quantitative estimate of drug-likeness (QED) is 0.692. The van der Waals surface area contributed by atoms with Crippen LogP contribution in [0.3, 0.4) is 0 Å². The Balaban J connectivity index is 1.83. The Morgan fingerprint density at radius 2 is 1.85 bits per heavy atom. The Labute approximate surface area is 155 Å². The van der Waals surface area contributed by atoms with Gasteiger partial charge in [0.15, 0.2) is 0 Å². The molecule has 0 bridgehead atoms. The molecule has 0 fully saturated rings. The van der Waals surface area contributed by atoms with Crippen molar-refractivity contribution in [2.75, 3.05) is 0 Å². The Hall–Kier alpha value is -2.80. The van der Waals surface area contributed by atoms with Crippen LogP contribution in [0.4, 0.5) is 13.2 Å². The summed E-state index contributed by atoms with van der Waals surface area (Å²) in [6, 6.07) is 13.5. The summed E-state index contributed by atoms with van der Waals surface area (Å²) in [5.41, 5.74) is 9.94. The molecule has 3 rings (SSSR count). The molecule has 1 aromatic heterocycles. The van der Waals surface area contributed by atoms with Gasteiger partial charge < -0.3 is 10.5 Å². The van der Waals surface area contributed by atoms with Crippen molar-refractivity contribution in [2.45, 2.75) is 32.8 Å². The fourth-order valence-electron chi connectivity index (χ4n) is 2.88. The molecule has 0 saturated heterocycles. The maximum absolute atomic E-state index is 12.5. The first-order chi connectivity index (χ1) is 12.9. The number of nitrogens with two attached hydrogens (primary N) is 1. The lowest BCUT2D eigenvalue weighted by atomic mass is 10.0. The Kier molecular flexibility index (Phi) is 5.51. The molecule has 3 aromatic rings. The minimum Gasteiger partial charge on any atom is -0.488 e. The minimum absolute atomic E-state index is 0.259. The Morgan fingerprint density at radius 1 is 1.11 bits per heavy atom. The van der Waals surface area contributed by atoms with E-state index in [4.69, 9.17) is 10.5 Å². The Morgan fingerprint density at radius 3 is 2.52 bits per heavy atom. The zero-order valence-electron chi connectivity index (χ0n) is 14.8. The van der Waals surface area contributed by atoms with Crippen LogP contribution in [0.25, 0.3) is 11.1 Å². The molecule has 0 aliphatic carbocycles. The van der Waals surface area contributed by atoms with E-state index < -0.39 is 12.7 Å². The van der Waals surface area contributed by atoms with E-state index >= 15 is 0 Å². The standard InChI is InChI=1S/C20H20F3N3O/c1-14-7-16(18-10-25-26(11-18)13-20(21,22)23)8-17(9-24)19(14)27-12-15-5-3-2-4-6-15/h2-8,10-11H,9,12-13,24H2,1H3. The van der Waals surface area contributed by atoms with Crippen molar-refractivity contribution < 1.29 is 17.9 Å². The molecular formula is C20H20F3N3O. The summed E-state index contributed by atoms with van der Waals surface area (Å²) in [6.45, 7) is 1.45. The van der Waals surface area contributed by atoms with Crippen molar-refractivity contribution in [3.05, 3.63) is 71.5 Å². The molecule has 4 nitrogen and oxygen atoms in total. The lowest BCUT2D eigenvalue weighted by molar-refractivity contribution is -0.142. The van der Waals surface area contributed by atoms with E-state index in [2.05, 4.69) is 5.10 Å². The van der Waals surface area contributed by atoms with Gasteiger partial charge >= 0.3 is 6.18 Å². The zero-order chi connectivity index (χ0) is 19.4. The van der Waals surface area contributed by atoms with Gasteiger partial charge in [0.2, 0.25) is 0 Å². The SMILES string of the molecule is Cc1cc(-c2cnn(CC(F)(F)F)c2)cc(CN)c1OCc1ccccc1. The number of hydrogen-bond donors (Lipinski definition) is 1. The molecule has 0 amide bonds. The second-order valence-electron chi connectivity index (χ2n) is 6.30. The normalized spacial score (nSPS) is 11.6. The summed E-state index contributed by atoms with van der Waals surface area (Å²) in [4.78, 5) is 0. The summed E-state index contributed by atoms with van der Waals surface area (Å²) in [6.07, 6.45) is -1.50. The molecule has 2 aromatic carbocycles. The van der Waals surface area contributed by atoms with Gasteiger partial charge in [-0.2, -0.15) is 18.3 Å². The average Bonchev–Trinajstić information content (AvgIpc) is 3.07. The van der Waals surface area contributed by atoms with Crippen molar-refractivity contribution in [3.8, 4) is 16.9 Å². The van der Waals surface area contributed by atoms with Crippen LogP contribution in [0.2, 0.25) is 0 Å². The monoisotopic (exact) mass is 375 g/mol. The summed E-state index contributed by atoms with van der Waals surface area (Å²) in [5.74, 6) is 0.702. The number of hydrogen-bond acceptors (Lipinski definition) is 3. The predicted octanol–water partition coefficient (Wildman–Crippen LogP) is 4.46. The topological polar surface area (TPSA) is 53.1 Å². The van der Waals surface area contributed by atoms with Gasteiger partial charge in [0.1, 0.15) is 18.9 Å². The largest absolute Gasteiger partial charge is 0.488 e. The first kappa shape index (κ1) is 19.0. The molecule has 0 radical (unpaired) electrons. The van der Waals surface area contributed by atoms with Crippen LogP contribution >= 0.6 is 0 Å². The van der Waals surface area contributed by atoms with E-state index in [0.717, 1.165) is 26.9 Å². The number of nitrogens with zero attached hydrogens (tertiary/aromatic N) is 2. The third-order valence-electron chi connectivity index (χ3n) is 4.11. The molecule has 2 N–H and O–H groups in total. The molecule has 1 heterocycles. The third-order valence-corrected chi connectivity index (χ3v) is 4.11. The van der Waals surface area contributed by atoms with E-state index in [1.54, 1.807) is 0 Å². The molecule has 0 unspecified atom stereocenters. The van der Waals surface area contributed by atoms with Crippen molar-refractivity contribution >= 4 is 0 Å². The van der Waals surface area contributed by atoms with Crippen LogP contribution in [0, 0.1) is 6.92 Å². The zero-order valence-corrected chi connectivity index (χ0v) is 14.8. The number of rotatable bonds is 6. The van der Waals surface area contributed by atoms with Crippen molar-refractivity contribution in [3.63, 3.8) is 0 Å². The first-order valence-corrected chi connectivity index (χ1v) is 8.45. The van der Waals surface area contributed by atoms with Crippen LogP contribution in [0.15, 0.2) is 54.9 Å². The van der Waals surface area contributed by atoms with Crippen LogP contribution in [0.1, 0.15) is 16.7 Å². The third kappa shape index (κ3) is 4.89. The Bertz CT molecular complexity index is 905. The van der Waals surface area contributed by atoms with Crippen molar-refractivity contribution in [1.29, 1.82) is 0 Å². The highest BCUT2D eigenvalue weighted by atomic mass is 19.4. The smallest absolute Gasteiger partial charge is 0.408 e. The minimum atomic E-state index is -4.31. The molecule has 0 aliphatic rings. The first-order valence-electron chi connectivity index (χ1n) is 8.45. The van der Waals surface area contributed by atoms with Crippen molar-refractivity contribution in [1.82, 2.24) is 9.78 Å². The van der Waals surface area contributed by atoms with E-state index in [9.17, 15) is 13.2 Å². The van der Waals surface area contributed by atoms with Crippen LogP contribution < -0.4 is 10.5 Å². The molecule has 0 spiro atoms. The van der Waals surface area contributed by atoms with Crippen LogP contribution in [0.5, 0.6) is 5.75 Å². The van der Waals surface area contributed by atoms with Gasteiger partial charge in [-0.25, -0.2) is 0 Å². The predicted molar refractivity (Wildman–Crippen MR) is 97.1 cm³/mol. The van der Waals surface area contributed by atoms with E-state index in [-0.39, 0.29) is 6.54 Å². The molecule has 0 aliphatic heterocycles. The summed E-state index contributed by atoms with van der Waals surface area (Å²) in [5, 5.41) is 3.80. The molecular weight excluding hydrogens is 355 g/mol. The second kappa shape index (κ2) is 7.84. The lowest BCUT2D eigenvalue weighted by Crippen LogP contribution is -2.17. The van der Waals surface area contributed by atoms with Gasteiger partial charge in [-0.05, 0) is 35.7 Å². The summed E-state index contributed by atoms with van der Waals surface area (Å²) >= 11 is 0. The van der Waals surface area contributed by atoms with Gasteiger partial charge in [-0.3, -0.25) is 4.68 Å². The lowest BCUT2D eigenvalue weighted by Gasteiger charge is -2.15. The van der Waals surface area contributed by atoms with Gasteiger partial charge in [0, 0.05) is 23.9 Å². The second-order valence-corrected chi connectivity index (χ2v) is 6.30. The number of benzene rings is 2. The maximum atomic E-state index is 12.5. The highest BCUT2D eigenvalue weighted by Crippen LogP contribution is 2.31. The summed E-state index contributed by atoms with van der Waals surface area (Å²) < 4.78 is 44.4. The number of halogens is 3. The molecule has 0 atom stereocenters. The maximum Gasteiger partial charge on any atom is 0.408 e. The highest BCUT2D eigenvalue weighted by molar-refractivity contribution is 5.66. The van der Waals surface area contributed by atoms with Gasteiger partial charge in [-0.15, -0.1) is 0 Å². The van der Waals surface area contributed by atoms with Crippen LogP contribution in [-0.2, 0) is 19.7 Å². The molecule has 7 heteroatoms. The number of aromatic nitrogens is 2. The molecule has 27 heavy (non-hydrogen) atoms. The van der Waals surface area contributed by atoms with E-state index in [1.165, 1.54) is 12.4 Å². The number of alkyl halides is 3. The van der Waals surface area contributed by atoms with Gasteiger partial charge in [0.05, 0.1) is 6.20 Å². The van der Waals surface area contributed by atoms with E-state index in [0.29, 0.717) is 17.9 Å². The number of ether oxygens (including phenoxy) is 1. The van der Waals surface area contributed by atoms with Gasteiger partial charge in [0.25, 0.3) is 0 Å². The van der Waals surface area contributed by atoms with Crippen LogP contribution in [-0.4, -0.2) is 16.0 Å². The van der Waals surface area contributed by atoms with Crippen molar-refractivity contribution in [2.24, 2.45) is 5.73 Å². The average molecular weight is 375 g/mol. The molecule has 0 saturated carbocycles.